The molecule has 58 valence electrons. The van der Waals surface area contributed by atoms with Crippen LogP contribution in [-0.4, -0.2) is 4.98 Å². The maximum Gasteiger partial charge on any atom is 0.134 e. The fraction of sp³-hybridized carbons (Fsp3) is 0.375. The summed E-state index contributed by atoms with van der Waals surface area (Å²) in [5.74, 6) is 1.15. The summed E-state index contributed by atoms with van der Waals surface area (Å²) in [5, 5.41) is 0.576. The molecule has 0 saturated heterocycles. The van der Waals surface area contributed by atoms with E-state index in [-0.39, 0.29) is 0 Å². The van der Waals surface area contributed by atoms with Gasteiger partial charge in [-0.15, -0.1) is 0 Å². The van der Waals surface area contributed by atoms with Gasteiger partial charge in [0.25, 0.3) is 0 Å². The van der Waals surface area contributed by atoms with Crippen LogP contribution < -0.4 is 5.73 Å². The van der Waals surface area contributed by atoms with Crippen LogP contribution in [0.15, 0.2) is 12.1 Å². The summed E-state index contributed by atoms with van der Waals surface area (Å²) in [6.07, 6.45) is 2.48. The Morgan fingerprint density at radius 1 is 1.45 bits per heavy atom. The van der Waals surface area contributed by atoms with Gasteiger partial charge >= 0.3 is 0 Å². The summed E-state index contributed by atoms with van der Waals surface area (Å²) in [4.78, 5) is 3.98. The summed E-state index contributed by atoms with van der Waals surface area (Å²) in [6, 6.07) is 3.78. The maximum absolute atomic E-state index is 5.87. The van der Waals surface area contributed by atoms with Crippen molar-refractivity contribution in [3.63, 3.8) is 0 Å². The lowest BCUT2D eigenvalue weighted by molar-refractivity contribution is 1.10. The molecule has 1 aromatic rings. The molecule has 0 unspecified atom stereocenters. The Bertz CT molecular complexity index is 281. The number of rotatable bonds is 1. The lowest BCUT2D eigenvalue weighted by atomic mass is 10.2. The van der Waals surface area contributed by atoms with Crippen LogP contribution in [-0.2, 0) is 0 Å². The van der Waals surface area contributed by atoms with Gasteiger partial charge in [-0.2, -0.15) is 0 Å². The van der Waals surface area contributed by atoms with E-state index in [2.05, 4.69) is 4.98 Å². The van der Waals surface area contributed by atoms with E-state index in [1.54, 1.807) is 6.07 Å². The molecule has 1 aliphatic rings. The zero-order valence-corrected chi connectivity index (χ0v) is 6.80. The van der Waals surface area contributed by atoms with Crippen molar-refractivity contribution in [3.05, 3.63) is 22.8 Å². The average Bonchev–Trinajstić information content (AvgIpc) is 2.70. The molecule has 2 rings (SSSR count). The topological polar surface area (TPSA) is 38.9 Å². The first-order valence-corrected chi connectivity index (χ1v) is 4.07. The highest BCUT2D eigenvalue weighted by molar-refractivity contribution is 6.30. The highest BCUT2D eigenvalue weighted by atomic mass is 35.5. The van der Waals surface area contributed by atoms with Crippen molar-refractivity contribution in [1.82, 2.24) is 4.98 Å². The quantitative estimate of drug-likeness (QED) is 0.653. The number of anilines is 1. The van der Waals surface area contributed by atoms with Crippen molar-refractivity contribution in [2.45, 2.75) is 18.8 Å². The lowest BCUT2D eigenvalue weighted by Crippen LogP contribution is -1.92. The van der Waals surface area contributed by atoms with E-state index in [9.17, 15) is 0 Å². The van der Waals surface area contributed by atoms with E-state index in [4.69, 9.17) is 17.3 Å². The molecule has 1 heterocycles. The fourth-order valence-electron chi connectivity index (χ4n) is 1.16. The van der Waals surface area contributed by atoms with Crippen molar-refractivity contribution in [3.8, 4) is 0 Å². The molecule has 0 bridgehead atoms. The average molecular weight is 169 g/mol. The summed E-state index contributed by atoms with van der Waals surface area (Å²) in [5.41, 5.74) is 6.61. The molecule has 0 aromatic carbocycles. The second kappa shape index (κ2) is 2.38. The minimum absolute atomic E-state index is 0.499. The maximum atomic E-state index is 5.87. The summed E-state index contributed by atoms with van der Waals surface area (Å²) in [6.45, 7) is 0. The van der Waals surface area contributed by atoms with E-state index in [0.29, 0.717) is 16.9 Å². The van der Waals surface area contributed by atoms with Crippen molar-refractivity contribution >= 4 is 17.4 Å². The number of nitrogens with zero attached hydrogens (tertiary/aromatic N) is 1. The zero-order chi connectivity index (χ0) is 7.84. The molecule has 0 aliphatic heterocycles. The molecule has 3 heteroatoms. The van der Waals surface area contributed by atoms with Gasteiger partial charge in [-0.1, -0.05) is 17.7 Å². The van der Waals surface area contributed by atoms with E-state index in [0.717, 1.165) is 5.56 Å². The highest BCUT2D eigenvalue weighted by Crippen LogP contribution is 2.42. The highest BCUT2D eigenvalue weighted by Gasteiger charge is 2.26. The first-order chi connectivity index (χ1) is 5.27. The van der Waals surface area contributed by atoms with Gasteiger partial charge in [0.05, 0.1) is 0 Å². The molecule has 0 atom stereocenters. The van der Waals surface area contributed by atoms with Crippen molar-refractivity contribution < 1.29 is 0 Å². The predicted octanol–water partition coefficient (Wildman–Crippen LogP) is 2.19. The van der Waals surface area contributed by atoms with Gasteiger partial charge in [-0.25, -0.2) is 4.98 Å². The smallest absolute Gasteiger partial charge is 0.134 e. The van der Waals surface area contributed by atoms with E-state index >= 15 is 0 Å². The molecule has 1 aliphatic carbocycles. The van der Waals surface area contributed by atoms with Crippen LogP contribution in [0.2, 0.25) is 5.15 Å². The summed E-state index contributed by atoms with van der Waals surface area (Å²) >= 11 is 5.87. The molecule has 0 radical (unpaired) electrons. The van der Waals surface area contributed by atoms with Crippen molar-refractivity contribution in [2.75, 3.05) is 5.73 Å². The van der Waals surface area contributed by atoms with E-state index in [1.807, 2.05) is 6.07 Å². The van der Waals surface area contributed by atoms with Gasteiger partial charge in [0, 0.05) is 0 Å². The van der Waals surface area contributed by atoms with Gasteiger partial charge < -0.3 is 5.73 Å². The van der Waals surface area contributed by atoms with E-state index in [1.165, 1.54) is 12.8 Å². The van der Waals surface area contributed by atoms with Gasteiger partial charge in [0.15, 0.2) is 0 Å². The Kier molecular flexibility index (Phi) is 1.50. The third kappa shape index (κ3) is 1.31. The summed E-state index contributed by atoms with van der Waals surface area (Å²) < 4.78 is 0. The van der Waals surface area contributed by atoms with Crippen LogP contribution in [0.5, 0.6) is 0 Å². The molecule has 1 saturated carbocycles. The molecular weight excluding hydrogens is 160 g/mol. The monoisotopic (exact) mass is 168 g/mol. The second-order valence-corrected chi connectivity index (χ2v) is 3.25. The number of nitrogens with two attached hydrogens (primary N) is 1. The minimum atomic E-state index is 0.499. The number of hydrogen-bond donors (Lipinski definition) is 1. The largest absolute Gasteiger partial charge is 0.384 e. The molecule has 2 N–H and O–H groups in total. The first kappa shape index (κ1) is 6.92. The Morgan fingerprint density at radius 3 is 2.73 bits per heavy atom. The predicted molar refractivity (Wildman–Crippen MR) is 45.6 cm³/mol. The zero-order valence-electron chi connectivity index (χ0n) is 6.05. The van der Waals surface area contributed by atoms with Crippen molar-refractivity contribution in [2.24, 2.45) is 0 Å². The first-order valence-electron chi connectivity index (χ1n) is 3.69. The molecule has 1 fully saturated rings. The number of pyridine rings is 1. The molecular formula is C8H9ClN2. The molecule has 1 aromatic heterocycles. The third-order valence-corrected chi connectivity index (χ3v) is 2.22. The Balaban J connectivity index is 2.39. The molecule has 0 amide bonds. The Hall–Kier alpha value is -0.760. The minimum Gasteiger partial charge on any atom is -0.384 e. The number of aromatic nitrogens is 1. The summed E-state index contributed by atoms with van der Waals surface area (Å²) in [7, 11) is 0. The number of hydrogen-bond acceptors (Lipinski definition) is 2. The SMILES string of the molecule is Nc1ccc(C2CC2)c(Cl)n1. The molecule has 0 spiro atoms. The van der Waals surface area contributed by atoms with E-state index < -0.39 is 0 Å². The molecule has 2 nitrogen and oxygen atoms in total. The van der Waals surface area contributed by atoms with Crippen molar-refractivity contribution in [1.29, 1.82) is 0 Å². The van der Waals surface area contributed by atoms with Crippen LogP contribution in [0.1, 0.15) is 24.3 Å². The van der Waals surface area contributed by atoms with Gasteiger partial charge in [0.1, 0.15) is 11.0 Å². The van der Waals surface area contributed by atoms with Crippen LogP contribution in [0, 0.1) is 0 Å². The van der Waals surface area contributed by atoms with Crippen LogP contribution in [0.4, 0.5) is 5.82 Å². The lowest BCUT2D eigenvalue weighted by Gasteiger charge is -2.00. The Labute approximate surface area is 70.4 Å². The van der Waals surface area contributed by atoms with Crippen LogP contribution in [0.3, 0.4) is 0 Å². The van der Waals surface area contributed by atoms with Gasteiger partial charge in [0.2, 0.25) is 0 Å². The number of halogens is 1. The Morgan fingerprint density at radius 2 is 2.18 bits per heavy atom. The third-order valence-electron chi connectivity index (χ3n) is 1.92. The molecule has 11 heavy (non-hydrogen) atoms. The fourth-order valence-corrected chi connectivity index (χ4v) is 1.47. The van der Waals surface area contributed by atoms with Gasteiger partial charge in [-0.05, 0) is 30.4 Å². The van der Waals surface area contributed by atoms with Gasteiger partial charge in [-0.3, -0.25) is 0 Å². The number of nitrogen functional groups attached to an aromatic ring is 1. The van der Waals surface area contributed by atoms with Crippen LogP contribution in [0.25, 0.3) is 0 Å². The standard InChI is InChI=1S/C8H9ClN2/c9-8-6(5-1-2-5)3-4-7(10)11-8/h3-5H,1-2H2,(H2,10,11). The second-order valence-electron chi connectivity index (χ2n) is 2.89. The van der Waals surface area contributed by atoms with Crippen LogP contribution >= 0.6 is 11.6 Å². The normalized spacial score (nSPS) is 16.8.